The number of aryl methyl sites for hydroxylation is 2. The standard InChI is InChI=1S/C21H20N6O3S2.ClH/c1-12-6-8-22-13(2)18(12)30-16-9-14(31-17-5-3-4-7-23-17)10-24-20(16)26-21-25-19(27-32-21)15(29)11-28;/h3-10,15,28-29H,11H2,1-2H3,(H,24,25,26,27);1H. The van der Waals surface area contributed by atoms with Gasteiger partial charge in [-0.15, -0.1) is 12.4 Å². The van der Waals surface area contributed by atoms with Gasteiger partial charge in [0.2, 0.25) is 5.13 Å². The summed E-state index contributed by atoms with van der Waals surface area (Å²) in [6, 6.07) is 9.45. The summed E-state index contributed by atoms with van der Waals surface area (Å²) in [6.45, 7) is 3.37. The molecule has 4 heterocycles. The van der Waals surface area contributed by atoms with Crippen LogP contribution in [-0.4, -0.2) is 41.1 Å². The van der Waals surface area contributed by atoms with Gasteiger partial charge in [-0.05, 0) is 37.6 Å². The number of pyridine rings is 3. The zero-order valence-electron chi connectivity index (χ0n) is 17.7. The quantitative estimate of drug-likeness (QED) is 0.316. The van der Waals surface area contributed by atoms with Gasteiger partial charge >= 0.3 is 0 Å². The Kier molecular flexibility index (Phi) is 8.53. The monoisotopic (exact) mass is 504 g/mol. The molecule has 4 rings (SSSR count). The number of nitrogens with one attached hydrogen (secondary N) is 1. The highest BCUT2D eigenvalue weighted by Gasteiger charge is 2.17. The second-order valence-electron chi connectivity index (χ2n) is 6.71. The highest BCUT2D eigenvalue weighted by atomic mass is 35.5. The van der Waals surface area contributed by atoms with Crippen LogP contribution in [0, 0.1) is 13.8 Å². The number of aliphatic hydroxyl groups is 2. The Balaban J connectivity index is 0.00000306. The van der Waals surface area contributed by atoms with Crippen molar-refractivity contribution in [1.82, 2.24) is 24.3 Å². The van der Waals surface area contributed by atoms with Crippen molar-refractivity contribution >= 4 is 46.7 Å². The highest BCUT2D eigenvalue weighted by molar-refractivity contribution is 7.99. The predicted octanol–water partition coefficient (Wildman–Crippen LogP) is 4.47. The van der Waals surface area contributed by atoms with Crippen molar-refractivity contribution in [2.45, 2.75) is 29.9 Å². The summed E-state index contributed by atoms with van der Waals surface area (Å²) in [6.07, 6.45) is 4.04. The lowest BCUT2D eigenvalue weighted by atomic mass is 10.2. The molecule has 33 heavy (non-hydrogen) atoms. The van der Waals surface area contributed by atoms with Crippen molar-refractivity contribution in [2.75, 3.05) is 11.9 Å². The number of aliphatic hydroxyl groups excluding tert-OH is 2. The van der Waals surface area contributed by atoms with Crippen LogP contribution in [0.5, 0.6) is 11.5 Å². The van der Waals surface area contributed by atoms with E-state index in [1.165, 1.54) is 11.8 Å². The van der Waals surface area contributed by atoms with Gasteiger partial charge in [-0.1, -0.05) is 17.8 Å². The molecule has 0 saturated carbocycles. The minimum absolute atomic E-state index is 0. The first kappa shape index (κ1) is 24.8. The molecule has 172 valence electrons. The molecular weight excluding hydrogens is 484 g/mol. The largest absolute Gasteiger partial charge is 0.451 e. The molecule has 0 fully saturated rings. The number of rotatable bonds is 8. The summed E-state index contributed by atoms with van der Waals surface area (Å²) in [7, 11) is 0. The van der Waals surface area contributed by atoms with Gasteiger partial charge in [0.1, 0.15) is 11.1 Å². The minimum Gasteiger partial charge on any atom is -0.451 e. The van der Waals surface area contributed by atoms with Gasteiger partial charge in [-0.3, -0.25) is 4.98 Å². The summed E-state index contributed by atoms with van der Waals surface area (Å²) >= 11 is 2.51. The molecule has 9 nitrogen and oxygen atoms in total. The maximum Gasteiger partial charge on any atom is 0.208 e. The van der Waals surface area contributed by atoms with Gasteiger partial charge in [0.05, 0.1) is 12.3 Å². The Bertz CT molecular complexity index is 1190. The normalized spacial score (nSPS) is 11.5. The molecule has 0 amide bonds. The molecule has 0 aliphatic heterocycles. The average Bonchev–Trinajstić information content (AvgIpc) is 3.27. The topological polar surface area (TPSA) is 126 Å². The van der Waals surface area contributed by atoms with E-state index in [0.29, 0.717) is 22.4 Å². The smallest absolute Gasteiger partial charge is 0.208 e. The predicted molar refractivity (Wildman–Crippen MR) is 129 cm³/mol. The molecule has 3 N–H and O–H groups in total. The van der Waals surface area contributed by atoms with Gasteiger partial charge < -0.3 is 20.3 Å². The Labute approximate surface area is 204 Å². The summed E-state index contributed by atoms with van der Waals surface area (Å²) in [4.78, 5) is 18.2. The van der Waals surface area contributed by atoms with Gasteiger partial charge in [0, 0.05) is 41.1 Å². The Morgan fingerprint density at radius 1 is 1.15 bits per heavy atom. The number of nitrogens with zero attached hydrogens (tertiary/aromatic N) is 5. The molecule has 0 saturated heterocycles. The number of aromatic nitrogens is 5. The molecule has 0 bridgehead atoms. The Hall–Kier alpha value is -2.83. The fourth-order valence-corrected chi connectivity index (χ4v) is 4.12. The molecule has 0 aliphatic carbocycles. The Morgan fingerprint density at radius 3 is 2.73 bits per heavy atom. The first-order chi connectivity index (χ1) is 15.5. The third-order valence-corrected chi connectivity index (χ3v) is 5.87. The third-order valence-electron chi connectivity index (χ3n) is 4.32. The van der Waals surface area contributed by atoms with E-state index in [4.69, 9.17) is 9.84 Å². The van der Waals surface area contributed by atoms with E-state index in [0.717, 1.165) is 32.7 Å². The number of hydrogen-bond donors (Lipinski definition) is 3. The SMILES string of the molecule is Cc1ccnc(C)c1Oc1cc(Sc2ccccn2)cnc1Nc1nc(C(O)CO)ns1.Cl. The summed E-state index contributed by atoms with van der Waals surface area (Å²) in [5.74, 6) is 1.69. The van der Waals surface area contributed by atoms with Crippen LogP contribution in [0.25, 0.3) is 0 Å². The first-order valence-corrected chi connectivity index (χ1v) is 11.2. The number of halogens is 1. The first-order valence-electron chi connectivity index (χ1n) is 9.62. The molecule has 0 radical (unpaired) electrons. The lowest BCUT2D eigenvalue weighted by Gasteiger charge is -2.15. The number of anilines is 2. The molecule has 4 aromatic rings. The van der Waals surface area contributed by atoms with Crippen molar-refractivity contribution in [2.24, 2.45) is 0 Å². The molecule has 0 spiro atoms. The molecule has 1 atom stereocenters. The van der Waals surface area contributed by atoms with Crippen LogP contribution >= 0.6 is 35.7 Å². The molecule has 12 heteroatoms. The molecule has 1 unspecified atom stereocenters. The van der Waals surface area contributed by atoms with Crippen LogP contribution in [-0.2, 0) is 0 Å². The molecule has 0 aromatic carbocycles. The van der Waals surface area contributed by atoms with Gasteiger partial charge in [0.15, 0.2) is 23.1 Å². The number of hydrogen-bond acceptors (Lipinski definition) is 11. The summed E-state index contributed by atoms with van der Waals surface area (Å²) < 4.78 is 10.3. The van der Waals surface area contributed by atoms with Gasteiger partial charge in [-0.25, -0.2) is 15.0 Å². The van der Waals surface area contributed by atoms with E-state index in [2.05, 4.69) is 29.6 Å². The van der Waals surface area contributed by atoms with E-state index < -0.39 is 12.7 Å². The van der Waals surface area contributed by atoms with Crippen molar-refractivity contribution in [3.8, 4) is 11.5 Å². The molecule has 0 aliphatic rings. The Morgan fingerprint density at radius 2 is 2.00 bits per heavy atom. The second kappa shape index (κ2) is 11.3. The zero-order chi connectivity index (χ0) is 22.5. The minimum atomic E-state index is -1.14. The maximum atomic E-state index is 9.74. The average molecular weight is 505 g/mol. The van der Waals surface area contributed by atoms with Crippen LogP contribution in [0.1, 0.15) is 23.2 Å². The van der Waals surface area contributed by atoms with Crippen molar-refractivity contribution in [1.29, 1.82) is 0 Å². The molecular formula is C21H21ClN6O3S2. The lowest BCUT2D eigenvalue weighted by Crippen LogP contribution is -2.05. The highest BCUT2D eigenvalue weighted by Crippen LogP contribution is 2.37. The van der Waals surface area contributed by atoms with Gasteiger partial charge in [0.25, 0.3) is 0 Å². The second-order valence-corrected chi connectivity index (χ2v) is 8.56. The zero-order valence-corrected chi connectivity index (χ0v) is 20.1. The van der Waals surface area contributed by atoms with Crippen molar-refractivity contribution < 1.29 is 14.9 Å². The van der Waals surface area contributed by atoms with E-state index in [9.17, 15) is 5.11 Å². The van der Waals surface area contributed by atoms with E-state index >= 15 is 0 Å². The fraction of sp³-hybridized carbons (Fsp3) is 0.190. The van der Waals surface area contributed by atoms with Crippen LogP contribution in [0.2, 0.25) is 0 Å². The van der Waals surface area contributed by atoms with Gasteiger partial charge in [-0.2, -0.15) is 4.37 Å². The van der Waals surface area contributed by atoms with E-state index in [-0.39, 0.29) is 18.2 Å². The third kappa shape index (κ3) is 6.15. The lowest BCUT2D eigenvalue weighted by molar-refractivity contribution is 0.0897. The van der Waals surface area contributed by atoms with Crippen molar-refractivity contribution in [3.05, 3.63) is 66.0 Å². The van der Waals surface area contributed by atoms with Crippen LogP contribution in [0.3, 0.4) is 0 Å². The van der Waals surface area contributed by atoms with Crippen LogP contribution < -0.4 is 10.1 Å². The van der Waals surface area contributed by atoms with E-state index in [1.807, 2.05) is 44.2 Å². The maximum absolute atomic E-state index is 9.74. The molecule has 4 aromatic heterocycles. The van der Waals surface area contributed by atoms with Crippen LogP contribution in [0.4, 0.5) is 10.9 Å². The fourth-order valence-electron chi connectivity index (χ4n) is 2.73. The summed E-state index contributed by atoms with van der Waals surface area (Å²) in [5, 5.41) is 23.2. The van der Waals surface area contributed by atoms with E-state index in [1.54, 1.807) is 18.6 Å². The van der Waals surface area contributed by atoms with Crippen molar-refractivity contribution in [3.63, 3.8) is 0 Å². The number of ether oxygens (including phenoxy) is 1. The summed E-state index contributed by atoms with van der Waals surface area (Å²) in [5.41, 5.74) is 1.69. The van der Waals surface area contributed by atoms with Crippen LogP contribution in [0.15, 0.2) is 58.8 Å².